The third-order valence-electron chi connectivity index (χ3n) is 5.12. The van der Waals surface area contributed by atoms with E-state index in [1.165, 1.54) is 5.56 Å². The van der Waals surface area contributed by atoms with Crippen molar-refractivity contribution < 1.29 is 4.52 Å². The van der Waals surface area contributed by atoms with Gasteiger partial charge in [-0.3, -0.25) is 14.9 Å². The molecular formula is C23H31N7O. The molecule has 0 aliphatic carbocycles. The minimum atomic E-state index is 0.271. The number of nitrogens with one attached hydrogen (secondary N) is 2. The number of guanidine groups is 1. The quantitative estimate of drug-likeness (QED) is 0.384. The summed E-state index contributed by atoms with van der Waals surface area (Å²) in [5.41, 5.74) is 1.97. The van der Waals surface area contributed by atoms with Crippen LogP contribution in [0.2, 0.25) is 0 Å². The Morgan fingerprint density at radius 1 is 1.06 bits per heavy atom. The summed E-state index contributed by atoms with van der Waals surface area (Å²) in [5.74, 6) is 1.82. The van der Waals surface area contributed by atoms with Gasteiger partial charge in [-0.1, -0.05) is 55.4 Å². The molecule has 0 saturated carbocycles. The summed E-state index contributed by atoms with van der Waals surface area (Å²) < 4.78 is 5.31. The maximum Gasteiger partial charge on any atom is 0.276 e. The van der Waals surface area contributed by atoms with Gasteiger partial charge < -0.3 is 15.2 Å². The number of aliphatic imine (C=N–C) groups is 1. The Hall–Kier alpha value is -3.26. The normalized spacial score (nSPS) is 12.7. The zero-order valence-electron chi connectivity index (χ0n) is 18.5. The first-order valence-electron chi connectivity index (χ1n) is 10.7. The fourth-order valence-electron chi connectivity index (χ4n) is 3.45. The number of pyridine rings is 1. The largest absolute Gasteiger partial charge is 0.356 e. The Labute approximate surface area is 183 Å². The third kappa shape index (κ3) is 6.36. The fraction of sp³-hybridized carbons (Fsp3) is 0.391. The van der Waals surface area contributed by atoms with Gasteiger partial charge in [0.15, 0.2) is 11.8 Å². The molecule has 2 N–H and O–H groups in total. The summed E-state index contributed by atoms with van der Waals surface area (Å²) in [5, 5.41) is 10.8. The number of aromatic nitrogens is 3. The van der Waals surface area contributed by atoms with Crippen molar-refractivity contribution in [3.8, 4) is 11.6 Å². The van der Waals surface area contributed by atoms with E-state index in [0.29, 0.717) is 30.4 Å². The molecule has 1 atom stereocenters. The molecule has 8 nitrogen and oxygen atoms in total. The molecule has 164 valence electrons. The van der Waals surface area contributed by atoms with Crippen LogP contribution in [0.25, 0.3) is 11.6 Å². The summed E-state index contributed by atoms with van der Waals surface area (Å²) in [4.78, 5) is 15.4. The van der Waals surface area contributed by atoms with Crippen LogP contribution >= 0.6 is 0 Å². The average Bonchev–Trinajstić information content (AvgIpc) is 3.30. The molecule has 0 fully saturated rings. The third-order valence-corrected chi connectivity index (χ3v) is 5.12. The molecule has 0 aliphatic heterocycles. The van der Waals surface area contributed by atoms with Crippen LogP contribution in [0.3, 0.4) is 0 Å². The Balaban J connectivity index is 1.52. The number of likely N-dealkylation sites (N-methyl/N-ethyl adjacent to an activating group) is 1. The standard InChI is InChI=1S/C23H31N7O/c1-4-30(5-2)20(18-11-7-6-8-12-18)17-27-23(24-3)26-16-14-21-28-22(31-29-21)19-13-9-10-15-25-19/h6-13,15,20H,4-5,14,16-17H2,1-3H3,(H2,24,26,27). The summed E-state index contributed by atoms with van der Waals surface area (Å²) in [6.07, 6.45) is 2.33. The first-order valence-corrected chi connectivity index (χ1v) is 10.7. The van der Waals surface area contributed by atoms with E-state index in [0.717, 1.165) is 25.6 Å². The number of nitrogens with zero attached hydrogens (tertiary/aromatic N) is 5. The molecule has 8 heteroatoms. The summed E-state index contributed by atoms with van der Waals surface area (Å²) in [6.45, 7) is 7.76. The second-order valence-corrected chi connectivity index (χ2v) is 7.01. The Kier molecular flexibility index (Phi) is 8.54. The van der Waals surface area contributed by atoms with Gasteiger partial charge in [-0.15, -0.1) is 0 Å². The number of hydrogen-bond acceptors (Lipinski definition) is 6. The molecule has 2 aromatic heterocycles. The van der Waals surface area contributed by atoms with Crippen LogP contribution in [0.15, 0.2) is 64.2 Å². The molecule has 0 spiro atoms. The van der Waals surface area contributed by atoms with E-state index in [-0.39, 0.29) is 6.04 Å². The lowest BCUT2D eigenvalue weighted by Gasteiger charge is -2.30. The molecule has 0 radical (unpaired) electrons. The highest BCUT2D eigenvalue weighted by molar-refractivity contribution is 5.79. The van der Waals surface area contributed by atoms with Gasteiger partial charge in [-0.25, -0.2) is 0 Å². The zero-order chi connectivity index (χ0) is 21.9. The molecule has 1 unspecified atom stereocenters. The minimum Gasteiger partial charge on any atom is -0.356 e. The monoisotopic (exact) mass is 421 g/mol. The molecule has 0 bridgehead atoms. The molecule has 0 aliphatic rings. The van der Waals surface area contributed by atoms with Gasteiger partial charge in [0, 0.05) is 32.8 Å². The molecular weight excluding hydrogens is 390 g/mol. The van der Waals surface area contributed by atoms with Crippen molar-refractivity contribution in [3.63, 3.8) is 0 Å². The smallest absolute Gasteiger partial charge is 0.276 e. The fourth-order valence-corrected chi connectivity index (χ4v) is 3.45. The first-order chi connectivity index (χ1) is 15.2. The lowest BCUT2D eigenvalue weighted by molar-refractivity contribution is 0.219. The highest BCUT2D eigenvalue weighted by atomic mass is 16.5. The van der Waals surface area contributed by atoms with Crippen molar-refractivity contribution in [2.45, 2.75) is 26.3 Å². The average molecular weight is 422 g/mol. The molecule has 0 amide bonds. The number of hydrogen-bond donors (Lipinski definition) is 2. The Morgan fingerprint density at radius 2 is 1.84 bits per heavy atom. The van der Waals surface area contributed by atoms with Crippen molar-refractivity contribution in [2.75, 3.05) is 33.2 Å². The van der Waals surface area contributed by atoms with Crippen molar-refractivity contribution in [2.24, 2.45) is 4.99 Å². The summed E-state index contributed by atoms with van der Waals surface area (Å²) in [7, 11) is 1.78. The highest BCUT2D eigenvalue weighted by Crippen LogP contribution is 2.19. The topological polar surface area (TPSA) is 91.5 Å². The number of rotatable bonds is 10. The van der Waals surface area contributed by atoms with Gasteiger partial charge in [0.1, 0.15) is 5.69 Å². The van der Waals surface area contributed by atoms with E-state index >= 15 is 0 Å². The molecule has 0 saturated heterocycles. The van der Waals surface area contributed by atoms with E-state index in [1.807, 2.05) is 24.3 Å². The molecule has 31 heavy (non-hydrogen) atoms. The van der Waals surface area contributed by atoms with Crippen molar-refractivity contribution in [1.29, 1.82) is 0 Å². The highest BCUT2D eigenvalue weighted by Gasteiger charge is 2.18. The predicted molar refractivity (Wildman–Crippen MR) is 123 cm³/mol. The van der Waals surface area contributed by atoms with Gasteiger partial charge >= 0.3 is 0 Å². The van der Waals surface area contributed by atoms with Gasteiger partial charge in [0.25, 0.3) is 5.89 Å². The van der Waals surface area contributed by atoms with Crippen molar-refractivity contribution in [3.05, 3.63) is 66.1 Å². The van der Waals surface area contributed by atoms with E-state index in [4.69, 9.17) is 4.52 Å². The predicted octanol–water partition coefficient (Wildman–Crippen LogP) is 2.92. The molecule has 1 aromatic carbocycles. The van der Waals surface area contributed by atoms with Crippen LogP contribution in [0, 0.1) is 0 Å². The van der Waals surface area contributed by atoms with Gasteiger partial charge in [-0.2, -0.15) is 4.98 Å². The Bertz CT molecular complexity index is 923. The van der Waals surface area contributed by atoms with Crippen molar-refractivity contribution in [1.82, 2.24) is 30.7 Å². The van der Waals surface area contributed by atoms with Crippen LogP contribution in [0.1, 0.15) is 31.3 Å². The second-order valence-electron chi connectivity index (χ2n) is 7.01. The van der Waals surface area contributed by atoms with Crippen LogP contribution in [-0.2, 0) is 6.42 Å². The SMILES string of the molecule is CCN(CC)C(CNC(=NC)NCCc1noc(-c2ccccn2)n1)c1ccccc1. The maximum absolute atomic E-state index is 5.31. The lowest BCUT2D eigenvalue weighted by atomic mass is 10.1. The molecule has 2 heterocycles. The minimum absolute atomic E-state index is 0.271. The van der Waals surface area contributed by atoms with Crippen LogP contribution in [0.5, 0.6) is 0 Å². The van der Waals surface area contributed by atoms with E-state index in [1.54, 1.807) is 13.2 Å². The summed E-state index contributed by atoms with van der Waals surface area (Å²) in [6, 6.07) is 16.4. The number of benzene rings is 1. The Morgan fingerprint density at radius 3 is 2.52 bits per heavy atom. The van der Waals surface area contributed by atoms with E-state index < -0.39 is 0 Å². The second kappa shape index (κ2) is 11.8. The van der Waals surface area contributed by atoms with Gasteiger partial charge in [0.05, 0.1) is 6.04 Å². The van der Waals surface area contributed by atoms with Crippen LogP contribution in [0.4, 0.5) is 0 Å². The molecule has 3 rings (SSSR count). The van der Waals surface area contributed by atoms with Crippen molar-refractivity contribution >= 4 is 5.96 Å². The van der Waals surface area contributed by atoms with Gasteiger partial charge in [-0.05, 0) is 30.8 Å². The van der Waals surface area contributed by atoms with E-state index in [9.17, 15) is 0 Å². The zero-order valence-corrected chi connectivity index (χ0v) is 18.5. The van der Waals surface area contributed by atoms with Crippen LogP contribution < -0.4 is 10.6 Å². The van der Waals surface area contributed by atoms with Crippen LogP contribution in [-0.4, -0.2) is 59.2 Å². The first kappa shape index (κ1) is 22.4. The maximum atomic E-state index is 5.31. The lowest BCUT2D eigenvalue weighted by Crippen LogP contribution is -2.43. The molecule has 3 aromatic rings. The van der Waals surface area contributed by atoms with E-state index in [2.05, 4.69) is 73.8 Å². The van der Waals surface area contributed by atoms with Gasteiger partial charge in [0.2, 0.25) is 0 Å². The summed E-state index contributed by atoms with van der Waals surface area (Å²) >= 11 is 0.